The Bertz CT molecular complexity index is 329. The fraction of sp³-hybridized carbons (Fsp3) is 0.722. The fourth-order valence-electron chi connectivity index (χ4n) is 2.48. The van der Waals surface area contributed by atoms with Crippen LogP contribution in [0.1, 0.15) is 82.4 Å². The monoisotopic (exact) mass is 294 g/mol. The van der Waals surface area contributed by atoms with Gasteiger partial charge in [0.15, 0.2) is 0 Å². The molecule has 1 nitrogen and oxygen atoms in total. The van der Waals surface area contributed by atoms with Crippen LogP contribution in [0, 0.1) is 0 Å². The second-order valence-electron chi connectivity index (χ2n) is 5.70. The molecule has 0 radical (unpaired) electrons. The SMILES string of the molecule is CCCCCCCCCCCC(=O)CCc1cccs1. The quantitative estimate of drug-likeness (QED) is 0.397. The molecule has 20 heavy (non-hydrogen) atoms. The van der Waals surface area contributed by atoms with Gasteiger partial charge >= 0.3 is 0 Å². The lowest BCUT2D eigenvalue weighted by molar-refractivity contribution is -0.119. The van der Waals surface area contributed by atoms with Gasteiger partial charge in [-0.2, -0.15) is 0 Å². The van der Waals surface area contributed by atoms with Gasteiger partial charge in [0.05, 0.1) is 0 Å². The third-order valence-corrected chi connectivity index (χ3v) is 4.73. The Morgan fingerprint density at radius 3 is 2.20 bits per heavy atom. The standard InChI is InChI=1S/C18H30OS/c1-2-3-4-5-6-7-8-9-10-12-17(19)14-15-18-13-11-16-20-18/h11,13,16H,2-10,12,14-15H2,1H3. The van der Waals surface area contributed by atoms with Gasteiger partial charge in [0.25, 0.3) is 0 Å². The molecule has 1 aromatic heterocycles. The van der Waals surface area contributed by atoms with E-state index < -0.39 is 0 Å². The van der Waals surface area contributed by atoms with E-state index in [1.807, 2.05) is 0 Å². The van der Waals surface area contributed by atoms with Crippen LogP contribution in [0.2, 0.25) is 0 Å². The number of unbranched alkanes of at least 4 members (excludes halogenated alkanes) is 8. The first-order chi connectivity index (χ1) is 9.83. The summed E-state index contributed by atoms with van der Waals surface area (Å²) < 4.78 is 0. The second kappa shape index (κ2) is 12.1. The molecule has 0 aromatic carbocycles. The zero-order valence-corrected chi connectivity index (χ0v) is 13.9. The predicted octanol–water partition coefficient (Wildman–Crippen LogP) is 6.17. The number of ketones is 1. The van der Waals surface area contributed by atoms with Gasteiger partial charge in [-0.1, -0.05) is 64.4 Å². The van der Waals surface area contributed by atoms with Crippen LogP contribution in [-0.4, -0.2) is 5.78 Å². The van der Waals surface area contributed by atoms with Gasteiger partial charge in [0.1, 0.15) is 5.78 Å². The Morgan fingerprint density at radius 2 is 1.60 bits per heavy atom. The molecule has 114 valence electrons. The summed E-state index contributed by atoms with van der Waals surface area (Å²) in [4.78, 5) is 13.1. The van der Waals surface area contributed by atoms with E-state index in [0.717, 1.165) is 25.7 Å². The highest BCUT2D eigenvalue weighted by atomic mass is 32.1. The van der Waals surface area contributed by atoms with E-state index in [9.17, 15) is 4.79 Å². The maximum absolute atomic E-state index is 11.7. The van der Waals surface area contributed by atoms with Gasteiger partial charge in [-0.15, -0.1) is 11.3 Å². The number of hydrogen-bond donors (Lipinski definition) is 0. The predicted molar refractivity (Wildman–Crippen MR) is 89.5 cm³/mol. The van der Waals surface area contributed by atoms with Crippen LogP contribution in [0.3, 0.4) is 0 Å². The zero-order chi connectivity index (χ0) is 14.5. The molecule has 0 saturated heterocycles. The topological polar surface area (TPSA) is 17.1 Å². The van der Waals surface area contributed by atoms with Gasteiger partial charge < -0.3 is 0 Å². The molecule has 0 spiro atoms. The maximum atomic E-state index is 11.7. The number of thiophene rings is 1. The van der Waals surface area contributed by atoms with Gasteiger partial charge in [-0.3, -0.25) is 4.79 Å². The summed E-state index contributed by atoms with van der Waals surface area (Å²) in [6.07, 6.45) is 14.4. The van der Waals surface area contributed by atoms with Crippen molar-refractivity contribution >= 4 is 17.1 Å². The van der Waals surface area contributed by atoms with Crippen molar-refractivity contribution in [1.82, 2.24) is 0 Å². The van der Waals surface area contributed by atoms with Crippen molar-refractivity contribution in [3.8, 4) is 0 Å². The van der Waals surface area contributed by atoms with E-state index in [4.69, 9.17) is 0 Å². The first-order valence-corrected chi connectivity index (χ1v) is 9.25. The minimum absolute atomic E-state index is 0.446. The normalized spacial score (nSPS) is 10.8. The molecule has 0 unspecified atom stereocenters. The minimum Gasteiger partial charge on any atom is -0.300 e. The van der Waals surface area contributed by atoms with Crippen molar-refractivity contribution in [3.63, 3.8) is 0 Å². The first kappa shape index (κ1) is 17.4. The van der Waals surface area contributed by atoms with Crippen LogP contribution in [0.4, 0.5) is 0 Å². The van der Waals surface area contributed by atoms with Gasteiger partial charge in [0.2, 0.25) is 0 Å². The van der Waals surface area contributed by atoms with Crippen molar-refractivity contribution < 1.29 is 4.79 Å². The lowest BCUT2D eigenvalue weighted by Gasteiger charge is -2.02. The number of carbonyl (C=O) groups is 1. The summed E-state index contributed by atoms with van der Waals surface area (Å²) >= 11 is 1.76. The molecule has 2 heteroatoms. The number of rotatable bonds is 13. The van der Waals surface area contributed by atoms with E-state index in [2.05, 4.69) is 24.4 Å². The number of Topliss-reactive ketones (excluding diaryl/α,β-unsaturated/α-hetero) is 1. The van der Waals surface area contributed by atoms with Crippen molar-refractivity contribution in [2.45, 2.75) is 84.0 Å². The zero-order valence-electron chi connectivity index (χ0n) is 13.0. The van der Waals surface area contributed by atoms with E-state index in [1.54, 1.807) is 11.3 Å². The summed E-state index contributed by atoms with van der Waals surface area (Å²) in [6, 6.07) is 4.18. The molecule has 0 fully saturated rings. The van der Waals surface area contributed by atoms with E-state index in [0.29, 0.717) is 5.78 Å². The molecule has 0 aliphatic carbocycles. The molecule has 1 aromatic rings. The van der Waals surface area contributed by atoms with Gasteiger partial charge in [0, 0.05) is 17.7 Å². The highest BCUT2D eigenvalue weighted by molar-refractivity contribution is 7.09. The molecule has 0 N–H and O–H groups in total. The number of aryl methyl sites for hydroxylation is 1. The Balaban J connectivity index is 1.84. The van der Waals surface area contributed by atoms with E-state index >= 15 is 0 Å². The molecule has 0 amide bonds. The van der Waals surface area contributed by atoms with Crippen LogP contribution < -0.4 is 0 Å². The van der Waals surface area contributed by atoms with Crippen LogP contribution in [0.25, 0.3) is 0 Å². The molecule has 0 saturated carbocycles. The molecular formula is C18H30OS. The largest absolute Gasteiger partial charge is 0.300 e. The van der Waals surface area contributed by atoms with Crippen LogP contribution in [-0.2, 0) is 11.2 Å². The summed E-state index contributed by atoms with van der Waals surface area (Å²) in [5, 5.41) is 2.08. The third-order valence-electron chi connectivity index (χ3n) is 3.79. The van der Waals surface area contributed by atoms with Crippen molar-refractivity contribution in [2.75, 3.05) is 0 Å². The molecule has 0 atom stereocenters. The van der Waals surface area contributed by atoms with Gasteiger partial charge in [-0.05, 0) is 24.3 Å². The second-order valence-corrected chi connectivity index (χ2v) is 6.73. The molecule has 0 aliphatic rings. The summed E-state index contributed by atoms with van der Waals surface area (Å²) in [5.41, 5.74) is 0. The Kier molecular flexibility index (Phi) is 10.6. The molecule has 0 aliphatic heterocycles. The summed E-state index contributed by atoms with van der Waals surface area (Å²) in [7, 11) is 0. The minimum atomic E-state index is 0.446. The average molecular weight is 295 g/mol. The highest BCUT2D eigenvalue weighted by Gasteiger charge is 2.03. The molecule has 1 heterocycles. The molecular weight excluding hydrogens is 264 g/mol. The Hall–Kier alpha value is -0.630. The summed E-state index contributed by atoms with van der Waals surface area (Å²) in [5.74, 6) is 0.446. The fourth-order valence-corrected chi connectivity index (χ4v) is 3.18. The number of hydrogen-bond acceptors (Lipinski definition) is 2. The van der Waals surface area contributed by atoms with Crippen molar-refractivity contribution in [1.29, 1.82) is 0 Å². The average Bonchev–Trinajstić information content (AvgIpc) is 2.96. The molecule has 1 rings (SSSR count). The summed E-state index contributed by atoms with van der Waals surface area (Å²) in [6.45, 7) is 2.26. The van der Waals surface area contributed by atoms with Crippen LogP contribution >= 0.6 is 11.3 Å². The molecule has 0 bridgehead atoms. The van der Waals surface area contributed by atoms with Crippen LogP contribution in [0.15, 0.2) is 17.5 Å². The Labute approximate surface area is 128 Å². The lowest BCUT2D eigenvalue weighted by atomic mass is 10.0. The Morgan fingerprint density at radius 1 is 0.950 bits per heavy atom. The third kappa shape index (κ3) is 9.30. The van der Waals surface area contributed by atoms with E-state index in [1.165, 1.54) is 56.2 Å². The van der Waals surface area contributed by atoms with E-state index in [-0.39, 0.29) is 0 Å². The maximum Gasteiger partial charge on any atom is 0.133 e. The van der Waals surface area contributed by atoms with Gasteiger partial charge in [-0.25, -0.2) is 0 Å². The smallest absolute Gasteiger partial charge is 0.133 e. The van der Waals surface area contributed by atoms with Crippen molar-refractivity contribution in [3.05, 3.63) is 22.4 Å². The first-order valence-electron chi connectivity index (χ1n) is 8.37. The van der Waals surface area contributed by atoms with Crippen molar-refractivity contribution in [2.24, 2.45) is 0 Å². The highest BCUT2D eigenvalue weighted by Crippen LogP contribution is 2.14. The van der Waals surface area contributed by atoms with Crippen LogP contribution in [0.5, 0.6) is 0 Å². The number of carbonyl (C=O) groups excluding carboxylic acids is 1. The lowest BCUT2D eigenvalue weighted by Crippen LogP contribution is -1.99.